The Balaban J connectivity index is 2.78. The van der Waals surface area contributed by atoms with Crippen molar-refractivity contribution >= 4 is 27.8 Å². The van der Waals surface area contributed by atoms with Crippen LogP contribution in [0.4, 0.5) is 0 Å². The summed E-state index contributed by atoms with van der Waals surface area (Å²) in [5.74, 6) is -2.11. The summed E-state index contributed by atoms with van der Waals surface area (Å²) in [4.78, 5) is 35.0. The molecule has 7 N–H and O–H groups in total. The van der Waals surface area contributed by atoms with Gasteiger partial charge in [-0.25, -0.2) is 13.6 Å². The monoisotopic (exact) mass is 400 g/mol. The molecule has 1 aromatic carbocycles. The molecular weight excluding hydrogens is 376 g/mol. The number of nitrogens with two attached hydrogens (primary N) is 2. The minimum atomic E-state index is -3.87. The van der Waals surface area contributed by atoms with Crippen molar-refractivity contribution < 1.29 is 27.9 Å². The first-order valence-electron chi connectivity index (χ1n) is 8.28. The number of benzene rings is 1. The van der Waals surface area contributed by atoms with Crippen LogP contribution in [0.2, 0.25) is 0 Å². The predicted molar refractivity (Wildman–Crippen MR) is 97.2 cm³/mol. The van der Waals surface area contributed by atoms with E-state index < -0.39 is 33.8 Å². The van der Waals surface area contributed by atoms with Gasteiger partial charge in [-0.3, -0.25) is 14.4 Å². The zero-order chi connectivity index (χ0) is 20.4. The number of carbonyl (C=O) groups excluding carboxylic acids is 2. The number of rotatable bonds is 11. The standard InChI is InChI=1S/C16H24N4O6S/c17-9-2-1-3-13(16(24)19-10-8-14(21)22)20-15(23)11-4-6-12(7-5-11)27(18,25)26/h4-7,13H,1-3,8-10,17H2,(H,19,24)(H,20,23)(H,21,22)(H2,18,25,26)/t13-/m0/s1. The highest BCUT2D eigenvalue weighted by molar-refractivity contribution is 7.89. The van der Waals surface area contributed by atoms with E-state index in [1.165, 1.54) is 24.3 Å². The number of hydrogen-bond acceptors (Lipinski definition) is 6. The zero-order valence-electron chi connectivity index (χ0n) is 14.7. The second kappa shape index (κ2) is 10.6. The number of primary sulfonamides is 1. The van der Waals surface area contributed by atoms with Crippen molar-refractivity contribution in [1.82, 2.24) is 10.6 Å². The molecule has 27 heavy (non-hydrogen) atoms. The molecule has 2 amide bonds. The number of sulfonamides is 1. The Hall–Kier alpha value is -2.50. The molecule has 0 saturated carbocycles. The van der Waals surface area contributed by atoms with Gasteiger partial charge in [0.1, 0.15) is 6.04 Å². The van der Waals surface area contributed by atoms with Gasteiger partial charge >= 0.3 is 5.97 Å². The van der Waals surface area contributed by atoms with Crippen LogP contribution < -0.4 is 21.5 Å². The van der Waals surface area contributed by atoms with Gasteiger partial charge in [0.2, 0.25) is 15.9 Å². The SMILES string of the molecule is NCCCC[C@H](NC(=O)c1ccc(S(N)(=O)=O)cc1)C(=O)NCCC(=O)O. The van der Waals surface area contributed by atoms with Crippen LogP contribution >= 0.6 is 0 Å². The van der Waals surface area contributed by atoms with Gasteiger partial charge in [-0.1, -0.05) is 0 Å². The van der Waals surface area contributed by atoms with E-state index in [1.54, 1.807) is 0 Å². The third kappa shape index (κ3) is 8.15. The minimum Gasteiger partial charge on any atom is -0.481 e. The lowest BCUT2D eigenvalue weighted by Crippen LogP contribution is -2.47. The van der Waals surface area contributed by atoms with E-state index in [4.69, 9.17) is 16.0 Å². The first kappa shape index (κ1) is 22.5. The van der Waals surface area contributed by atoms with Crippen LogP contribution in [0.5, 0.6) is 0 Å². The summed E-state index contributed by atoms with van der Waals surface area (Å²) >= 11 is 0. The van der Waals surface area contributed by atoms with E-state index in [0.717, 1.165) is 0 Å². The molecule has 0 heterocycles. The van der Waals surface area contributed by atoms with E-state index in [9.17, 15) is 22.8 Å². The van der Waals surface area contributed by atoms with Gasteiger partial charge in [0.15, 0.2) is 0 Å². The van der Waals surface area contributed by atoms with Crippen LogP contribution in [-0.2, 0) is 19.6 Å². The van der Waals surface area contributed by atoms with E-state index >= 15 is 0 Å². The van der Waals surface area contributed by atoms with Crippen LogP contribution in [0.25, 0.3) is 0 Å². The lowest BCUT2D eigenvalue weighted by atomic mass is 10.1. The molecule has 10 nitrogen and oxygen atoms in total. The summed E-state index contributed by atoms with van der Waals surface area (Å²) in [5, 5.41) is 18.7. The Bertz CT molecular complexity index is 764. The predicted octanol–water partition coefficient (Wildman–Crippen LogP) is -0.848. The maximum atomic E-state index is 12.3. The topological polar surface area (TPSA) is 182 Å². The van der Waals surface area contributed by atoms with E-state index in [1.807, 2.05) is 0 Å². The Labute approximate surface area is 157 Å². The molecule has 0 aliphatic heterocycles. The number of amides is 2. The Morgan fingerprint density at radius 2 is 1.74 bits per heavy atom. The van der Waals surface area contributed by atoms with Crippen LogP contribution in [-0.4, -0.2) is 50.4 Å². The summed E-state index contributed by atoms with van der Waals surface area (Å²) < 4.78 is 22.5. The molecule has 0 saturated heterocycles. The fourth-order valence-electron chi connectivity index (χ4n) is 2.22. The van der Waals surface area contributed by atoms with Gasteiger partial charge in [0, 0.05) is 12.1 Å². The zero-order valence-corrected chi connectivity index (χ0v) is 15.5. The molecule has 1 aromatic rings. The highest BCUT2D eigenvalue weighted by atomic mass is 32.2. The molecular formula is C16H24N4O6S. The fraction of sp³-hybridized carbons (Fsp3) is 0.438. The van der Waals surface area contributed by atoms with Crippen LogP contribution in [0, 0.1) is 0 Å². The molecule has 0 radical (unpaired) electrons. The van der Waals surface area contributed by atoms with Gasteiger partial charge in [0.05, 0.1) is 11.3 Å². The smallest absolute Gasteiger partial charge is 0.305 e. The third-order valence-electron chi connectivity index (χ3n) is 3.65. The van der Waals surface area contributed by atoms with Crippen molar-refractivity contribution in [3.63, 3.8) is 0 Å². The second-order valence-electron chi connectivity index (χ2n) is 5.81. The first-order valence-corrected chi connectivity index (χ1v) is 9.83. The van der Waals surface area contributed by atoms with Gasteiger partial charge < -0.3 is 21.5 Å². The molecule has 0 unspecified atom stereocenters. The quantitative estimate of drug-likeness (QED) is 0.300. The largest absolute Gasteiger partial charge is 0.481 e. The summed E-state index contributed by atoms with van der Waals surface area (Å²) in [5.41, 5.74) is 5.59. The third-order valence-corrected chi connectivity index (χ3v) is 4.58. The molecule has 0 aliphatic carbocycles. The molecule has 11 heteroatoms. The fourth-order valence-corrected chi connectivity index (χ4v) is 2.73. The molecule has 0 bridgehead atoms. The number of carbonyl (C=O) groups is 3. The van der Waals surface area contributed by atoms with E-state index in [0.29, 0.717) is 25.8 Å². The van der Waals surface area contributed by atoms with Crippen molar-refractivity contribution in [1.29, 1.82) is 0 Å². The Kier molecular flexibility index (Phi) is 8.85. The first-order chi connectivity index (χ1) is 12.6. The Morgan fingerprint density at radius 3 is 2.26 bits per heavy atom. The number of carboxylic acids is 1. The second-order valence-corrected chi connectivity index (χ2v) is 7.38. The van der Waals surface area contributed by atoms with Crippen LogP contribution in [0.3, 0.4) is 0 Å². The van der Waals surface area contributed by atoms with Crippen molar-refractivity contribution in [3.05, 3.63) is 29.8 Å². The van der Waals surface area contributed by atoms with Crippen molar-refractivity contribution in [3.8, 4) is 0 Å². The average molecular weight is 400 g/mol. The average Bonchev–Trinajstić information content (AvgIpc) is 2.59. The number of carboxylic acid groups (broad SMARTS) is 1. The maximum Gasteiger partial charge on any atom is 0.305 e. The van der Waals surface area contributed by atoms with Crippen LogP contribution in [0.1, 0.15) is 36.0 Å². The number of nitrogens with one attached hydrogen (secondary N) is 2. The number of unbranched alkanes of at least 4 members (excludes halogenated alkanes) is 1. The number of hydrogen-bond donors (Lipinski definition) is 5. The number of aliphatic carboxylic acids is 1. The minimum absolute atomic E-state index is 0.0551. The molecule has 0 fully saturated rings. The summed E-state index contributed by atoms with van der Waals surface area (Å²) in [6, 6.07) is 4.10. The molecule has 1 atom stereocenters. The van der Waals surface area contributed by atoms with Gasteiger partial charge in [0.25, 0.3) is 5.91 Å². The molecule has 0 aromatic heterocycles. The van der Waals surface area contributed by atoms with E-state index in [2.05, 4.69) is 10.6 Å². The van der Waals surface area contributed by atoms with Crippen molar-refractivity contribution in [2.75, 3.05) is 13.1 Å². The summed E-state index contributed by atoms with van der Waals surface area (Å²) in [7, 11) is -3.87. The molecule has 150 valence electrons. The summed E-state index contributed by atoms with van der Waals surface area (Å²) in [6.45, 7) is 0.386. The van der Waals surface area contributed by atoms with Crippen molar-refractivity contribution in [2.24, 2.45) is 10.9 Å². The normalized spacial score (nSPS) is 12.2. The lowest BCUT2D eigenvalue weighted by Gasteiger charge is -2.18. The van der Waals surface area contributed by atoms with Gasteiger partial charge in [-0.2, -0.15) is 0 Å². The Morgan fingerprint density at radius 1 is 1.11 bits per heavy atom. The highest BCUT2D eigenvalue weighted by Crippen LogP contribution is 2.10. The van der Waals surface area contributed by atoms with Crippen LogP contribution in [0.15, 0.2) is 29.2 Å². The maximum absolute atomic E-state index is 12.3. The lowest BCUT2D eigenvalue weighted by molar-refractivity contribution is -0.137. The van der Waals surface area contributed by atoms with Gasteiger partial charge in [-0.15, -0.1) is 0 Å². The molecule has 0 aliphatic rings. The van der Waals surface area contributed by atoms with Gasteiger partial charge in [-0.05, 0) is 50.1 Å². The molecule has 1 rings (SSSR count). The van der Waals surface area contributed by atoms with E-state index in [-0.39, 0.29) is 23.4 Å². The van der Waals surface area contributed by atoms with Crippen molar-refractivity contribution in [2.45, 2.75) is 36.6 Å². The highest BCUT2D eigenvalue weighted by Gasteiger charge is 2.21. The summed E-state index contributed by atoms with van der Waals surface area (Å²) in [6.07, 6.45) is 1.36. The molecule has 0 spiro atoms.